The molecule has 1 aromatic rings. The van der Waals surface area contributed by atoms with Gasteiger partial charge in [-0.05, 0) is 29.4 Å². The fourth-order valence-electron chi connectivity index (χ4n) is 1.34. The van der Waals surface area contributed by atoms with Crippen LogP contribution >= 0.6 is 22.6 Å². The van der Waals surface area contributed by atoms with Crippen molar-refractivity contribution >= 4 is 28.5 Å². The molecule has 0 spiro atoms. The zero-order valence-corrected chi connectivity index (χ0v) is 11.2. The first-order valence-electron chi connectivity index (χ1n) is 5.34. The first-order chi connectivity index (χ1) is 7.75. The number of halogens is 2. The van der Waals surface area contributed by atoms with E-state index < -0.39 is 5.82 Å². The van der Waals surface area contributed by atoms with E-state index in [0.717, 1.165) is 23.7 Å². The van der Waals surface area contributed by atoms with Crippen LogP contribution in [0.3, 0.4) is 0 Å². The number of amides is 1. The van der Waals surface area contributed by atoms with E-state index in [4.69, 9.17) is 0 Å². The Kier molecular flexibility index (Phi) is 6.37. The van der Waals surface area contributed by atoms with E-state index in [-0.39, 0.29) is 11.5 Å². The first-order valence-corrected chi connectivity index (χ1v) is 6.87. The van der Waals surface area contributed by atoms with Gasteiger partial charge in [0.05, 0.1) is 5.56 Å². The van der Waals surface area contributed by atoms with Crippen LogP contribution in [-0.4, -0.2) is 16.9 Å². The molecule has 0 aliphatic carbocycles. The lowest BCUT2D eigenvalue weighted by atomic mass is 10.2. The molecule has 1 amide bonds. The Labute approximate surface area is 109 Å². The highest BCUT2D eigenvalue weighted by molar-refractivity contribution is 14.1. The molecule has 0 atom stereocenters. The zero-order valence-electron chi connectivity index (χ0n) is 9.01. The average Bonchev–Trinajstić information content (AvgIpc) is 2.29. The summed E-state index contributed by atoms with van der Waals surface area (Å²) in [4.78, 5) is 11.5. The summed E-state index contributed by atoms with van der Waals surface area (Å²) in [5.74, 6) is -0.792. The minimum Gasteiger partial charge on any atom is -0.352 e. The Morgan fingerprint density at radius 2 is 2.00 bits per heavy atom. The van der Waals surface area contributed by atoms with Crippen LogP contribution in [0.1, 0.15) is 29.6 Å². The van der Waals surface area contributed by atoms with Crippen LogP contribution in [0.15, 0.2) is 24.3 Å². The highest BCUT2D eigenvalue weighted by Crippen LogP contribution is 2.06. The quantitative estimate of drug-likeness (QED) is 0.483. The lowest BCUT2D eigenvalue weighted by Crippen LogP contribution is -2.25. The van der Waals surface area contributed by atoms with E-state index in [0.29, 0.717) is 6.54 Å². The largest absolute Gasteiger partial charge is 0.352 e. The fourth-order valence-corrected chi connectivity index (χ4v) is 1.88. The third-order valence-corrected chi connectivity index (χ3v) is 2.98. The molecule has 16 heavy (non-hydrogen) atoms. The van der Waals surface area contributed by atoms with E-state index in [1.807, 2.05) is 0 Å². The highest BCUT2D eigenvalue weighted by atomic mass is 127. The Hall–Kier alpha value is -0.650. The number of carbonyl (C=O) groups excluding carboxylic acids is 1. The van der Waals surface area contributed by atoms with E-state index in [1.54, 1.807) is 12.1 Å². The van der Waals surface area contributed by atoms with Gasteiger partial charge in [0.2, 0.25) is 0 Å². The predicted octanol–water partition coefficient (Wildman–Crippen LogP) is 3.16. The van der Waals surface area contributed by atoms with Gasteiger partial charge in [-0.2, -0.15) is 0 Å². The topological polar surface area (TPSA) is 29.1 Å². The van der Waals surface area contributed by atoms with Crippen LogP contribution < -0.4 is 5.32 Å². The molecule has 0 saturated heterocycles. The summed E-state index contributed by atoms with van der Waals surface area (Å²) >= 11 is 2.33. The van der Waals surface area contributed by atoms with Crippen LogP contribution in [-0.2, 0) is 0 Å². The van der Waals surface area contributed by atoms with Crippen LogP contribution in [0.5, 0.6) is 0 Å². The van der Waals surface area contributed by atoms with Gasteiger partial charge in [0.25, 0.3) is 5.91 Å². The molecule has 1 aromatic carbocycles. The summed E-state index contributed by atoms with van der Waals surface area (Å²) < 4.78 is 14.3. The molecule has 0 heterocycles. The number of alkyl halides is 1. The lowest BCUT2D eigenvalue weighted by Gasteiger charge is -2.05. The molecule has 0 aliphatic rings. The summed E-state index contributed by atoms with van der Waals surface area (Å²) in [6.45, 7) is 0.615. The number of rotatable bonds is 6. The van der Waals surface area contributed by atoms with Crippen molar-refractivity contribution in [1.29, 1.82) is 0 Å². The van der Waals surface area contributed by atoms with Gasteiger partial charge in [-0.1, -0.05) is 41.1 Å². The highest BCUT2D eigenvalue weighted by Gasteiger charge is 2.09. The molecule has 1 rings (SSSR count). The number of benzene rings is 1. The van der Waals surface area contributed by atoms with Crippen molar-refractivity contribution in [2.24, 2.45) is 0 Å². The van der Waals surface area contributed by atoms with Gasteiger partial charge in [-0.3, -0.25) is 4.79 Å². The maximum absolute atomic E-state index is 13.2. The van der Waals surface area contributed by atoms with Crippen molar-refractivity contribution in [3.63, 3.8) is 0 Å². The number of hydrogen-bond donors (Lipinski definition) is 1. The predicted molar refractivity (Wildman–Crippen MR) is 71.5 cm³/mol. The summed E-state index contributed by atoms with van der Waals surface area (Å²) in [6.07, 6.45) is 3.21. The molecular formula is C12H15FINO. The molecule has 2 nitrogen and oxygen atoms in total. The Bertz CT molecular complexity index is 344. The molecule has 0 aromatic heterocycles. The molecule has 4 heteroatoms. The number of unbranched alkanes of at least 4 members (excludes halogenated alkanes) is 2. The lowest BCUT2D eigenvalue weighted by molar-refractivity contribution is 0.0949. The van der Waals surface area contributed by atoms with Crippen molar-refractivity contribution in [1.82, 2.24) is 5.32 Å². The molecule has 0 fully saturated rings. The second kappa shape index (κ2) is 7.60. The molecule has 88 valence electrons. The molecule has 0 radical (unpaired) electrons. The minimum absolute atomic E-state index is 0.122. The second-order valence-electron chi connectivity index (χ2n) is 3.49. The molecule has 0 aliphatic heterocycles. The summed E-state index contributed by atoms with van der Waals surface area (Å²) in [6, 6.07) is 6.03. The third-order valence-electron chi connectivity index (χ3n) is 2.21. The third kappa shape index (κ3) is 4.47. The summed E-state index contributed by atoms with van der Waals surface area (Å²) in [7, 11) is 0. The molecule has 0 unspecified atom stereocenters. The molecular weight excluding hydrogens is 320 g/mol. The van der Waals surface area contributed by atoms with Gasteiger partial charge in [0.15, 0.2) is 0 Å². The Balaban J connectivity index is 2.33. The first kappa shape index (κ1) is 13.4. The van der Waals surface area contributed by atoms with E-state index in [2.05, 4.69) is 27.9 Å². The van der Waals surface area contributed by atoms with E-state index in [1.165, 1.54) is 12.1 Å². The summed E-state index contributed by atoms with van der Waals surface area (Å²) in [5, 5.41) is 2.72. The van der Waals surface area contributed by atoms with Gasteiger partial charge in [0, 0.05) is 6.54 Å². The molecule has 0 bridgehead atoms. The normalized spacial score (nSPS) is 10.1. The Morgan fingerprint density at radius 1 is 1.25 bits per heavy atom. The van der Waals surface area contributed by atoms with Crippen molar-refractivity contribution < 1.29 is 9.18 Å². The van der Waals surface area contributed by atoms with Gasteiger partial charge in [-0.25, -0.2) is 4.39 Å². The van der Waals surface area contributed by atoms with Gasteiger partial charge < -0.3 is 5.32 Å². The number of hydrogen-bond acceptors (Lipinski definition) is 1. The number of carbonyl (C=O) groups is 1. The van der Waals surface area contributed by atoms with Gasteiger partial charge in [0.1, 0.15) is 5.82 Å². The SMILES string of the molecule is O=C(NCCCCCI)c1ccccc1F. The maximum Gasteiger partial charge on any atom is 0.254 e. The fraction of sp³-hybridized carbons (Fsp3) is 0.417. The van der Waals surface area contributed by atoms with Gasteiger partial charge in [-0.15, -0.1) is 0 Å². The van der Waals surface area contributed by atoms with Crippen LogP contribution in [0.2, 0.25) is 0 Å². The van der Waals surface area contributed by atoms with Crippen molar-refractivity contribution in [2.45, 2.75) is 19.3 Å². The van der Waals surface area contributed by atoms with Gasteiger partial charge >= 0.3 is 0 Å². The van der Waals surface area contributed by atoms with Crippen molar-refractivity contribution in [3.8, 4) is 0 Å². The van der Waals surface area contributed by atoms with Crippen LogP contribution in [0.4, 0.5) is 4.39 Å². The monoisotopic (exact) mass is 335 g/mol. The summed E-state index contributed by atoms with van der Waals surface area (Å²) in [5.41, 5.74) is 0.122. The van der Waals surface area contributed by atoms with Crippen LogP contribution in [0, 0.1) is 5.82 Å². The standard InChI is InChI=1S/C12H15FINO/c13-11-7-3-2-6-10(11)12(16)15-9-5-1-4-8-14/h2-3,6-7H,1,4-5,8-9H2,(H,15,16). The maximum atomic E-state index is 13.2. The Morgan fingerprint density at radius 3 is 2.69 bits per heavy atom. The zero-order chi connectivity index (χ0) is 11.8. The molecule has 0 saturated carbocycles. The molecule has 1 N–H and O–H groups in total. The van der Waals surface area contributed by atoms with E-state index >= 15 is 0 Å². The smallest absolute Gasteiger partial charge is 0.254 e. The average molecular weight is 335 g/mol. The van der Waals surface area contributed by atoms with Crippen molar-refractivity contribution in [2.75, 3.05) is 11.0 Å². The number of nitrogens with one attached hydrogen (secondary N) is 1. The van der Waals surface area contributed by atoms with Crippen molar-refractivity contribution in [3.05, 3.63) is 35.6 Å². The minimum atomic E-state index is -0.465. The second-order valence-corrected chi connectivity index (χ2v) is 4.56. The van der Waals surface area contributed by atoms with E-state index in [9.17, 15) is 9.18 Å². The van der Waals surface area contributed by atoms with Crippen LogP contribution in [0.25, 0.3) is 0 Å².